The van der Waals surface area contributed by atoms with E-state index >= 15 is 0 Å². The lowest BCUT2D eigenvalue weighted by Gasteiger charge is -2.12. The van der Waals surface area contributed by atoms with Crippen LogP contribution in [0.3, 0.4) is 0 Å². The lowest BCUT2D eigenvalue weighted by Crippen LogP contribution is -2.14. The highest BCUT2D eigenvalue weighted by Gasteiger charge is 2.24. The number of aromatic nitrogens is 2. The summed E-state index contributed by atoms with van der Waals surface area (Å²) >= 11 is 0. The van der Waals surface area contributed by atoms with Gasteiger partial charge in [0.05, 0.1) is 12.2 Å². The molecule has 0 amide bonds. The van der Waals surface area contributed by atoms with Gasteiger partial charge in [0.1, 0.15) is 10.6 Å². The van der Waals surface area contributed by atoms with E-state index in [2.05, 4.69) is 9.82 Å². The Bertz CT molecular complexity index is 1260. The second kappa shape index (κ2) is 8.16. The summed E-state index contributed by atoms with van der Waals surface area (Å²) in [5, 5.41) is 4.62. The summed E-state index contributed by atoms with van der Waals surface area (Å²) in [6, 6.07) is 24.8. The van der Waals surface area contributed by atoms with Crippen molar-refractivity contribution >= 4 is 15.7 Å². The van der Waals surface area contributed by atoms with Gasteiger partial charge in [-0.05, 0) is 36.6 Å². The number of nitrogens with one attached hydrogen (secondary N) is 1. The topological polar surface area (TPSA) is 64.0 Å². The van der Waals surface area contributed by atoms with Crippen molar-refractivity contribution in [3.8, 4) is 11.3 Å². The van der Waals surface area contributed by atoms with Crippen LogP contribution in [0.2, 0.25) is 0 Å². The molecule has 0 atom stereocenters. The Morgan fingerprint density at radius 3 is 2.23 bits per heavy atom. The van der Waals surface area contributed by atoms with Gasteiger partial charge in [-0.2, -0.15) is 5.10 Å². The van der Waals surface area contributed by atoms with Crippen LogP contribution in [0, 0.1) is 13.8 Å². The highest BCUT2D eigenvalue weighted by molar-refractivity contribution is 7.92. The lowest BCUT2D eigenvalue weighted by atomic mass is 10.1. The Kier molecular flexibility index (Phi) is 5.42. The molecule has 0 aliphatic heterocycles. The Balaban J connectivity index is 1.77. The smallest absolute Gasteiger partial charge is 0.265 e. The molecule has 0 fully saturated rings. The first kappa shape index (κ1) is 19.9. The zero-order valence-corrected chi connectivity index (χ0v) is 17.7. The molecule has 0 saturated heterocycles. The van der Waals surface area contributed by atoms with Gasteiger partial charge in [0.15, 0.2) is 0 Å². The summed E-state index contributed by atoms with van der Waals surface area (Å²) in [6.07, 6.45) is 1.60. The summed E-state index contributed by atoms with van der Waals surface area (Å²) in [5.41, 5.74) is 4.74. The van der Waals surface area contributed by atoms with Gasteiger partial charge in [-0.25, -0.2) is 8.42 Å². The Morgan fingerprint density at radius 2 is 1.53 bits per heavy atom. The number of hydrogen-bond acceptors (Lipinski definition) is 3. The van der Waals surface area contributed by atoms with E-state index in [1.165, 1.54) is 0 Å². The summed E-state index contributed by atoms with van der Waals surface area (Å²) < 4.78 is 31.1. The molecule has 0 saturated carbocycles. The average molecular weight is 418 g/mol. The van der Waals surface area contributed by atoms with Crippen molar-refractivity contribution in [2.75, 3.05) is 4.72 Å². The largest absolute Gasteiger partial charge is 0.279 e. The van der Waals surface area contributed by atoms with Crippen molar-refractivity contribution in [3.05, 3.63) is 102 Å². The highest BCUT2D eigenvalue weighted by Crippen LogP contribution is 2.29. The quantitative estimate of drug-likeness (QED) is 0.479. The lowest BCUT2D eigenvalue weighted by molar-refractivity contribution is 0.601. The molecule has 5 nitrogen and oxygen atoms in total. The number of aryl methyl sites for hydroxylation is 1. The van der Waals surface area contributed by atoms with Gasteiger partial charge >= 0.3 is 0 Å². The van der Waals surface area contributed by atoms with Crippen molar-refractivity contribution in [3.63, 3.8) is 0 Å². The zero-order valence-electron chi connectivity index (χ0n) is 16.9. The summed E-state index contributed by atoms with van der Waals surface area (Å²) in [5.74, 6) is 0. The molecule has 6 heteroatoms. The first-order chi connectivity index (χ1) is 14.4. The van der Waals surface area contributed by atoms with Crippen LogP contribution >= 0.6 is 0 Å². The SMILES string of the molecule is Cc1cccc(NS(=O)(=O)c2cn(Cc3ccccc3)nc2-c2ccccc2)c1C. The predicted molar refractivity (Wildman–Crippen MR) is 120 cm³/mol. The van der Waals surface area contributed by atoms with Crippen LogP contribution in [0.15, 0.2) is 90.0 Å². The van der Waals surface area contributed by atoms with Crippen LogP contribution in [0.1, 0.15) is 16.7 Å². The Hall–Kier alpha value is -3.38. The maximum Gasteiger partial charge on any atom is 0.265 e. The summed E-state index contributed by atoms with van der Waals surface area (Å²) in [7, 11) is -3.84. The minimum atomic E-state index is -3.84. The van der Waals surface area contributed by atoms with Crippen molar-refractivity contribution in [1.29, 1.82) is 0 Å². The number of anilines is 1. The van der Waals surface area contributed by atoms with Gasteiger partial charge in [-0.15, -0.1) is 0 Å². The number of benzene rings is 3. The van der Waals surface area contributed by atoms with Crippen LogP contribution in [0.5, 0.6) is 0 Å². The van der Waals surface area contributed by atoms with Crippen LogP contribution in [0.25, 0.3) is 11.3 Å². The van der Waals surface area contributed by atoms with Gasteiger partial charge in [0, 0.05) is 11.8 Å². The van der Waals surface area contributed by atoms with E-state index in [0.29, 0.717) is 17.9 Å². The first-order valence-corrected chi connectivity index (χ1v) is 11.2. The molecule has 1 N–H and O–H groups in total. The molecule has 1 heterocycles. The van der Waals surface area contributed by atoms with Crippen LogP contribution in [0.4, 0.5) is 5.69 Å². The van der Waals surface area contributed by atoms with Crippen LogP contribution < -0.4 is 4.72 Å². The molecule has 0 radical (unpaired) electrons. The molecule has 0 aliphatic rings. The maximum atomic E-state index is 13.4. The molecular formula is C24H23N3O2S. The molecule has 152 valence electrons. The van der Waals surface area contributed by atoms with Crippen molar-refractivity contribution < 1.29 is 8.42 Å². The van der Waals surface area contributed by atoms with Gasteiger partial charge in [-0.1, -0.05) is 72.8 Å². The third kappa shape index (κ3) is 4.14. The second-order valence-electron chi connectivity index (χ2n) is 7.24. The molecule has 0 spiro atoms. The van der Waals surface area contributed by atoms with E-state index in [1.54, 1.807) is 16.9 Å². The van der Waals surface area contributed by atoms with E-state index in [9.17, 15) is 8.42 Å². The van der Waals surface area contributed by atoms with E-state index in [4.69, 9.17) is 0 Å². The molecule has 3 aromatic carbocycles. The van der Waals surface area contributed by atoms with Gasteiger partial charge in [0.2, 0.25) is 0 Å². The monoisotopic (exact) mass is 417 g/mol. The first-order valence-electron chi connectivity index (χ1n) is 9.70. The third-order valence-electron chi connectivity index (χ3n) is 5.10. The highest BCUT2D eigenvalue weighted by atomic mass is 32.2. The fraction of sp³-hybridized carbons (Fsp3) is 0.125. The predicted octanol–water partition coefficient (Wildman–Crippen LogP) is 5.02. The normalized spacial score (nSPS) is 11.4. The Labute approximate surface area is 177 Å². The molecule has 4 aromatic rings. The number of hydrogen-bond donors (Lipinski definition) is 1. The second-order valence-corrected chi connectivity index (χ2v) is 8.89. The van der Waals surface area contributed by atoms with Crippen LogP contribution in [-0.2, 0) is 16.6 Å². The molecule has 0 unspecified atom stereocenters. The summed E-state index contributed by atoms with van der Waals surface area (Å²) in [6.45, 7) is 4.35. The van der Waals surface area contributed by atoms with Crippen molar-refractivity contribution in [2.45, 2.75) is 25.3 Å². The molecule has 0 bridgehead atoms. The number of rotatable bonds is 6. The third-order valence-corrected chi connectivity index (χ3v) is 6.47. The minimum Gasteiger partial charge on any atom is -0.279 e. The molecule has 30 heavy (non-hydrogen) atoms. The van der Waals surface area contributed by atoms with Gasteiger partial charge in [0.25, 0.3) is 10.0 Å². The standard InChI is InChI=1S/C24H23N3O2S/c1-18-10-9-15-22(19(18)2)26-30(28,29)23-17-27(16-20-11-5-3-6-12-20)25-24(23)21-13-7-4-8-14-21/h3-15,17,26H,16H2,1-2H3. The fourth-order valence-corrected chi connectivity index (χ4v) is 4.60. The van der Waals surface area contributed by atoms with Crippen LogP contribution in [-0.4, -0.2) is 18.2 Å². The maximum absolute atomic E-state index is 13.4. The van der Waals surface area contributed by atoms with E-state index in [1.807, 2.05) is 86.6 Å². The van der Waals surface area contributed by atoms with Gasteiger partial charge in [-0.3, -0.25) is 9.40 Å². The number of nitrogens with zero attached hydrogens (tertiary/aromatic N) is 2. The minimum absolute atomic E-state index is 0.158. The van der Waals surface area contributed by atoms with E-state index in [-0.39, 0.29) is 4.90 Å². The zero-order chi connectivity index (χ0) is 21.1. The summed E-state index contributed by atoms with van der Waals surface area (Å²) in [4.78, 5) is 0.158. The average Bonchev–Trinajstić information content (AvgIpc) is 3.18. The van der Waals surface area contributed by atoms with E-state index in [0.717, 1.165) is 22.3 Å². The van der Waals surface area contributed by atoms with Crippen molar-refractivity contribution in [1.82, 2.24) is 9.78 Å². The molecule has 0 aliphatic carbocycles. The Morgan fingerprint density at radius 1 is 0.867 bits per heavy atom. The molecule has 4 rings (SSSR count). The molecule has 1 aromatic heterocycles. The van der Waals surface area contributed by atoms with Gasteiger partial charge < -0.3 is 0 Å². The van der Waals surface area contributed by atoms with Crippen molar-refractivity contribution in [2.24, 2.45) is 0 Å². The van der Waals surface area contributed by atoms with E-state index < -0.39 is 10.0 Å². The molecular weight excluding hydrogens is 394 g/mol. The fourth-order valence-electron chi connectivity index (χ4n) is 3.31. The number of sulfonamides is 1.